The first-order chi connectivity index (χ1) is 19.0. The molecule has 0 radical (unpaired) electrons. The molecule has 10 heteroatoms. The summed E-state index contributed by atoms with van der Waals surface area (Å²) in [7, 11) is 0. The Morgan fingerprint density at radius 2 is 1.90 bits per heavy atom. The highest BCUT2D eigenvalue weighted by Gasteiger charge is 2.30. The summed E-state index contributed by atoms with van der Waals surface area (Å²) in [5, 5.41) is 4.56. The molecule has 1 atom stereocenters. The number of amides is 3. The molecule has 1 aliphatic rings. The van der Waals surface area contributed by atoms with Gasteiger partial charge in [0.15, 0.2) is 11.6 Å². The third-order valence-electron chi connectivity index (χ3n) is 6.59. The summed E-state index contributed by atoms with van der Waals surface area (Å²) in [4.78, 5) is 30.7. The second-order valence-electron chi connectivity index (χ2n) is 10.3. The highest BCUT2D eigenvalue weighted by molar-refractivity contribution is 6.01. The van der Waals surface area contributed by atoms with Crippen LogP contribution in [0.25, 0.3) is 0 Å². The minimum atomic E-state index is -0.838. The summed E-state index contributed by atoms with van der Waals surface area (Å²) in [5.41, 5.74) is 6.68. The lowest BCUT2D eigenvalue weighted by Gasteiger charge is -2.30. The Kier molecular flexibility index (Phi) is 8.65. The number of carbonyl (C=O) groups is 2. The van der Waals surface area contributed by atoms with E-state index in [1.165, 1.54) is 42.6 Å². The first kappa shape index (κ1) is 28.5. The van der Waals surface area contributed by atoms with Gasteiger partial charge in [-0.25, -0.2) is 18.6 Å². The van der Waals surface area contributed by atoms with Crippen LogP contribution in [0.4, 0.5) is 25.1 Å². The Hall–Kier alpha value is -4.49. The standard InChI is InChI=1S/C30H31F2N5O3/c1-19-12-15-37(18-19)30(2,3)13-10-23-25(11-14-34-28(23)33)40-26-9-8-22(17-24(26)32)35-29(39)36-27(38)16-20-4-6-21(31)7-5-20/h4-9,11,14,17,19H,12,15-16,18H2,1-3H3,(H2,33,34)(H2,35,36,38,39)/t19-/m0/s1. The van der Waals surface area contributed by atoms with Gasteiger partial charge in [0.2, 0.25) is 5.91 Å². The molecule has 0 unspecified atom stereocenters. The zero-order chi connectivity index (χ0) is 28.9. The zero-order valence-electron chi connectivity index (χ0n) is 22.6. The number of nitrogens with two attached hydrogens (primary N) is 1. The minimum Gasteiger partial charge on any atom is -0.453 e. The number of halogens is 2. The van der Waals surface area contributed by atoms with Crippen molar-refractivity contribution in [1.29, 1.82) is 0 Å². The number of imide groups is 1. The minimum absolute atomic E-state index is 0.104. The number of likely N-dealkylation sites (tertiary alicyclic amines) is 1. The van der Waals surface area contributed by atoms with E-state index in [0.29, 0.717) is 17.0 Å². The van der Waals surface area contributed by atoms with Crippen LogP contribution in [0.2, 0.25) is 0 Å². The normalized spacial score (nSPS) is 15.2. The van der Waals surface area contributed by atoms with Gasteiger partial charge < -0.3 is 15.8 Å². The van der Waals surface area contributed by atoms with Gasteiger partial charge in [-0.15, -0.1) is 0 Å². The van der Waals surface area contributed by atoms with Crippen LogP contribution < -0.4 is 21.1 Å². The molecule has 8 nitrogen and oxygen atoms in total. The molecule has 4 rings (SSSR count). The number of pyridine rings is 1. The number of nitrogens with zero attached hydrogens (tertiary/aromatic N) is 2. The van der Waals surface area contributed by atoms with Crippen molar-refractivity contribution in [2.75, 3.05) is 24.1 Å². The maximum Gasteiger partial charge on any atom is 0.325 e. The predicted octanol–water partition coefficient (Wildman–Crippen LogP) is 5.10. The maximum atomic E-state index is 14.9. The van der Waals surface area contributed by atoms with E-state index in [2.05, 4.69) is 39.3 Å². The summed E-state index contributed by atoms with van der Waals surface area (Å²) >= 11 is 0. The fourth-order valence-corrected chi connectivity index (χ4v) is 4.31. The smallest absolute Gasteiger partial charge is 0.325 e. The van der Waals surface area contributed by atoms with Crippen molar-refractivity contribution in [3.63, 3.8) is 0 Å². The molecule has 4 N–H and O–H groups in total. The summed E-state index contributed by atoms with van der Waals surface area (Å²) in [6, 6.07) is 9.89. The van der Waals surface area contributed by atoms with E-state index in [9.17, 15) is 18.4 Å². The number of anilines is 2. The van der Waals surface area contributed by atoms with Gasteiger partial charge in [0, 0.05) is 30.6 Å². The number of benzene rings is 2. The van der Waals surface area contributed by atoms with Crippen LogP contribution in [0.1, 0.15) is 38.3 Å². The van der Waals surface area contributed by atoms with Crippen molar-refractivity contribution in [2.45, 2.75) is 39.2 Å². The molecule has 0 bridgehead atoms. The quantitative estimate of drug-likeness (QED) is 0.371. The fraction of sp³-hybridized carbons (Fsp3) is 0.300. The number of urea groups is 1. The van der Waals surface area contributed by atoms with E-state index in [0.717, 1.165) is 25.6 Å². The van der Waals surface area contributed by atoms with Gasteiger partial charge >= 0.3 is 6.03 Å². The van der Waals surface area contributed by atoms with E-state index >= 15 is 0 Å². The van der Waals surface area contributed by atoms with Crippen molar-refractivity contribution in [3.8, 4) is 23.3 Å². The van der Waals surface area contributed by atoms with E-state index in [1.807, 2.05) is 13.8 Å². The van der Waals surface area contributed by atoms with Crippen LogP contribution >= 0.6 is 0 Å². The number of aromatic nitrogens is 1. The molecule has 3 aromatic rings. The van der Waals surface area contributed by atoms with E-state index < -0.39 is 29.1 Å². The number of nitrogen functional groups attached to an aromatic ring is 1. The first-order valence-electron chi connectivity index (χ1n) is 12.9. The predicted molar refractivity (Wildman–Crippen MR) is 149 cm³/mol. The second-order valence-corrected chi connectivity index (χ2v) is 10.3. The Labute approximate surface area is 231 Å². The summed E-state index contributed by atoms with van der Waals surface area (Å²) < 4.78 is 33.8. The third kappa shape index (κ3) is 7.33. The lowest BCUT2D eigenvalue weighted by molar-refractivity contribution is -0.119. The lowest BCUT2D eigenvalue weighted by Crippen LogP contribution is -2.41. The fourth-order valence-electron chi connectivity index (χ4n) is 4.31. The average molecular weight is 548 g/mol. The van der Waals surface area contributed by atoms with Crippen LogP contribution in [0, 0.1) is 29.4 Å². The number of carbonyl (C=O) groups excluding carboxylic acids is 2. The van der Waals surface area contributed by atoms with Crippen molar-refractivity contribution < 1.29 is 23.1 Å². The largest absolute Gasteiger partial charge is 0.453 e. The number of rotatable bonds is 6. The van der Waals surface area contributed by atoms with Gasteiger partial charge in [0.25, 0.3) is 0 Å². The van der Waals surface area contributed by atoms with Crippen molar-refractivity contribution >= 4 is 23.4 Å². The molecule has 1 fully saturated rings. The highest BCUT2D eigenvalue weighted by Crippen LogP contribution is 2.31. The zero-order valence-corrected chi connectivity index (χ0v) is 22.6. The molecular formula is C30H31F2N5O3. The SMILES string of the molecule is C[C@H]1CCN(C(C)(C)C#Cc2c(Oc3ccc(NC(=O)NC(=O)Cc4ccc(F)cc4)cc3F)ccnc2N)C1. The highest BCUT2D eigenvalue weighted by atomic mass is 19.1. The van der Waals surface area contributed by atoms with Crippen molar-refractivity contribution in [3.05, 3.63) is 77.5 Å². The monoisotopic (exact) mass is 547 g/mol. The molecule has 2 heterocycles. The number of hydrogen-bond donors (Lipinski definition) is 3. The van der Waals surface area contributed by atoms with Crippen LogP contribution in [-0.2, 0) is 11.2 Å². The van der Waals surface area contributed by atoms with E-state index in [1.54, 1.807) is 6.07 Å². The van der Waals surface area contributed by atoms with Gasteiger partial charge in [0.05, 0.1) is 12.0 Å². The van der Waals surface area contributed by atoms with Crippen LogP contribution in [0.15, 0.2) is 54.7 Å². The number of hydrogen-bond acceptors (Lipinski definition) is 6. The number of nitrogens with one attached hydrogen (secondary N) is 2. The molecule has 0 spiro atoms. The molecule has 1 aliphatic heterocycles. The third-order valence-corrected chi connectivity index (χ3v) is 6.59. The van der Waals surface area contributed by atoms with Gasteiger partial charge in [0.1, 0.15) is 22.9 Å². The summed E-state index contributed by atoms with van der Waals surface area (Å²) in [6.07, 6.45) is 2.44. The Morgan fingerprint density at radius 1 is 1.15 bits per heavy atom. The molecule has 1 aromatic heterocycles. The molecule has 40 heavy (non-hydrogen) atoms. The first-order valence-corrected chi connectivity index (χ1v) is 12.9. The molecule has 3 amide bonds. The van der Waals surface area contributed by atoms with Crippen LogP contribution in [0.3, 0.4) is 0 Å². The van der Waals surface area contributed by atoms with E-state index in [-0.39, 0.29) is 29.4 Å². The van der Waals surface area contributed by atoms with Crippen molar-refractivity contribution in [2.24, 2.45) is 5.92 Å². The van der Waals surface area contributed by atoms with Gasteiger partial charge in [-0.3, -0.25) is 15.0 Å². The Morgan fingerprint density at radius 3 is 2.58 bits per heavy atom. The van der Waals surface area contributed by atoms with Gasteiger partial charge in [-0.1, -0.05) is 30.9 Å². The van der Waals surface area contributed by atoms with Crippen molar-refractivity contribution in [1.82, 2.24) is 15.2 Å². The number of ether oxygens (including phenoxy) is 1. The topological polar surface area (TPSA) is 110 Å². The molecule has 208 valence electrons. The van der Waals surface area contributed by atoms with Crippen LogP contribution in [-0.4, -0.2) is 40.5 Å². The average Bonchev–Trinajstić information content (AvgIpc) is 3.34. The van der Waals surface area contributed by atoms with Crippen LogP contribution in [0.5, 0.6) is 11.5 Å². The van der Waals surface area contributed by atoms with E-state index in [4.69, 9.17) is 10.5 Å². The molecule has 0 aliphatic carbocycles. The van der Waals surface area contributed by atoms with Gasteiger partial charge in [-0.2, -0.15) is 0 Å². The van der Waals surface area contributed by atoms with Gasteiger partial charge in [-0.05, 0) is 62.6 Å². The Balaban J connectivity index is 1.42. The summed E-state index contributed by atoms with van der Waals surface area (Å²) in [6.45, 7) is 8.22. The molecule has 1 saturated heterocycles. The molecule has 2 aromatic carbocycles. The maximum absolute atomic E-state index is 14.9. The molecular weight excluding hydrogens is 516 g/mol. The lowest BCUT2D eigenvalue weighted by atomic mass is 10.0. The molecule has 0 saturated carbocycles. The summed E-state index contributed by atoms with van der Waals surface area (Å²) in [5.74, 6) is 5.48. The second kappa shape index (κ2) is 12.1. The Bertz CT molecular complexity index is 1460.